The van der Waals surface area contributed by atoms with Gasteiger partial charge in [0.25, 0.3) is 11.8 Å². The molecule has 5 aromatic rings. The fourth-order valence-electron chi connectivity index (χ4n) is 4.98. The highest BCUT2D eigenvalue weighted by molar-refractivity contribution is 8.00. The number of rotatable bonds is 11. The fourth-order valence-corrected chi connectivity index (χ4v) is 6.22. The lowest BCUT2D eigenvalue weighted by molar-refractivity contribution is -0.116. The molecule has 5 aromatic carbocycles. The van der Waals surface area contributed by atoms with E-state index in [1.54, 1.807) is 54.6 Å². The second-order valence-electron chi connectivity index (χ2n) is 10.9. The van der Waals surface area contributed by atoms with E-state index in [1.807, 2.05) is 55.5 Å². The number of nitrogens with one attached hydrogen (secondary N) is 3. The van der Waals surface area contributed by atoms with Gasteiger partial charge in [0.15, 0.2) is 0 Å². The zero-order valence-electron chi connectivity index (χ0n) is 26.3. The molecular weight excluding hydrogens is 645 g/mol. The molecule has 3 N–H and O–H groups in total. The van der Waals surface area contributed by atoms with Crippen LogP contribution in [0.2, 0.25) is 5.02 Å². The molecule has 1 unspecified atom stereocenters. The third kappa shape index (κ3) is 8.59. The Morgan fingerprint density at radius 3 is 2.15 bits per heavy atom. The number of benzene rings is 5. The Bertz CT molecular complexity index is 1930. The van der Waals surface area contributed by atoms with Crippen molar-refractivity contribution in [3.63, 3.8) is 0 Å². The molecule has 0 radical (unpaired) electrons. The smallest absolute Gasteiger partial charge is 0.272 e. The standard InChI is InChI=1S/C39H33ClFN3O3S/c1-3-26-17-10-12-25(2)35(26)44-39(47)36(27-13-6-4-7-14-27)48-30-22-20-29(21-23-30)42-38(46)34(24-31-32(40)18-11-19-33(31)41)43-37(45)28-15-8-5-9-16-28/h4-24,36H,3H2,1-2H3,(H,42,46)(H,43,45)(H,44,47)/b34-24-. The number of thioether (sulfide) groups is 1. The van der Waals surface area contributed by atoms with Crippen LogP contribution in [0.25, 0.3) is 6.08 Å². The quantitative estimate of drug-likeness (QED) is 0.0961. The third-order valence-electron chi connectivity index (χ3n) is 7.51. The summed E-state index contributed by atoms with van der Waals surface area (Å²) in [5.41, 5.74) is 4.24. The van der Waals surface area contributed by atoms with E-state index in [9.17, 15) is 18.8 Å². The fraction of sp³-hybridized carbons (Fsp3) is 0.103. The lowest BCUT2D eigenvalue weighted by Crippen LogP contribution is -2.30. The maximum atomic E-state index is 14.7. The molecule has 6 nitrogen and oxygen atoms in total. The number of anilines is 2. The Kier molecular flexibility index (Phi) is 11.4. The summed E-state index contributed by atoms with van der Waals surface area (Å²) in [5.74, 6) is -2.01. The van der Waals surface area contributed by atoms with Crippen LogP contribution in [-0.4, -0.2) is 17.7 Å². The Hall–Kier alpha value is -5.18. The highest BCUT2D eigenvalue weighted by atomic mass is 35.5. The predicted octanol–water partition coefficient (Wildman–Crippen LogP) is 9.23. The minimum atomic E-state index is -0.675. The first-order chi connectivity index (χ1) is 23.2. The summed E-state index contributed by atoms with van der Waals surface area (Å²) in [6, 6.07) is 35.0. The number of halogens is 2. The van der Waals surface area contributed by atoms with E-state index in [-0.39, 0.29) is 22.2 Å². The molecule has 9 heteroatoms. The largest absolute Gasteiger partial charge is 0.324 e. The van der Waals surface area contributed by atoms with Gasteiger partial charge in [-0.3, -0.25) is 14.4 Å². The second kappa shape index (κ2) is 16.1. The van der Waals surface area contributed by atoms with E-state index in [2.05, 4.69) is 22.9 Å². The van der Waals surface area contributed by atoms with Crippen molar-refractivity contribution in [2.45, 2.75) is 30.4 Å². The molecule has 48 heavy (non-hydrogen) atoms. The Morgan fingerprint density at radius 2 is 1.48 bits per heavy atom. The Morgan fingerprint density at radius 1 is 0.812 bits per heavy atom. The molecule has 0 aliphatic rings. The van der Waals surface area contributed by atoms with Gasteiger partial charge in [0.2, 0.25) is 5.91 Å². The van der Waals surface area contributed by atoms with Crippen molar-refractivity contribution in [3.8, 4) is 0 Å². The number of hydrogen-bond donors (Lipinski definition) is 3. The molecule has 0 aromatic heterocycles. The van der Waals surface area contributed by atoms with Crippen molar-refractivity contribution in [2.24, 2.45) is 0 Å². The molecule has 0 spiro atoms. The van der Waals surface area contributed by atoms with Gasteiger partial charge in [-0.2, -0.15) is 0 Å². The molecule has 5 rings (SSSR count). The van der Waals surface area contributed by atoms with Gasteiger partial charge in [0, 0.05) is 27.4 Å². The second-order valence-corrected chi connectivity index (χ2v) is 12.4. The molecule has 0 saturated heterocycles. The maximum absolute atomic E-state index is 14.7. The summed E-state index contributed by atoms with van der Waals surface area (Å²) in [6.07, 6.45) is 1.99. The van der Waals surface area contributed by atoms with Gasteiger partial charge >= 0.3 is 0 Å². The topological polar surface area (TPSA) is 87.3 Å². The number of hydrogen-bond acceptors (Lipinski definition) is 4. The van der Waals surface area contributed by atoms with Gasteiger partial charge in [-0.1, -0.05) is 91.3 Å². The highest BCUT2D eigenvalue weighted by Gasteiger charge is 2.24. The molecule has 0 fully saturated rings. The van der Waals surface area contributed by atoms with E-state index in [4.69, 9.17) is 11.6 Å². The molecule has 0 bridgehead atoms. The van der Waals surface area contributed by atoms with Crippen LogP contribution >= 0.6 is 23.4 Å². The summed E-state index contributed by atoms with van der Waals surface area (Å²) >= 11 is 7.61. The average Bonchev–Trinajstić information content (AvgIpc) is 3.10. The number of aryl methyl sites for hydroxylation is 2. The molecule has 0 saturated carbocycles. The number of carbonyl (C=O) groups is 3. The van der Waals surface area contributed by atoms with Gasteiger partial charge in [-0.05, 0) is 84.6 Å². The first-order valence-corrected chi connectivity index (χ1v) is 16.5. The van der Waals surface area contributed by atoms with Crippen molar-refractivity contribution in [1.82, 2.24) is 5.32 Å². The summed E-state index contributed by atoms with van der Waals surface area (Å²) in [6.45, 7) is 4.03. The lowest BCUT2D eigenvalue weighted by Gasteiger charge is -2.20. The number of carbonyl (C=O) groups excluding carboxylic acids is 3. The van der Waals surface area contributed by atoms with Crippen molar-refractivity contribution >= 4 is 58.5 Å². The first-order valence-electron chi connectivity index (χ1n) is 15.3. The number of amides is 3. The van der Waals surface area contributed by atoms with Crippen molar-refractivity contribution < 1.29 is 18.8 Å². The monoisotopic (exact) mass is 677 g/mol. The molecule has 0 aliphatic carbocycles. The van der Waals surface area contributed by atoms with Crippen molar-refractivity contribution in [2.75, 3.05) is 10.6 Å². The summed E-state index contributed by atoms with van der Waals surface area (Å²) in [7, 11) is 0. The Labute approximate surface area is 288 Å². The summed E-state index contributed by atoms with van der Waals surface area (Å²) in [5, 5.41) is 8.05. The van der Waals surface area contributed by atoms with Crippen LogP contribution in [0.5, 0.6) is 0 Å². The molecule has 0 aliphatic heterocycles. The normalized spacial score (nSPS) is 11.8. The van der Waals surface area contributed by atoms with Gasteiger partial charge in [-0.15, -0.1) is 11.8 Å². The van der Waals surface area contributed by atoms with Gasteiger partial charge < -0.3 is 16.0 Å². The van der Waals surface area contributed by atoms with Crippen LogP contribution in [-0.2, 0) is 16.0 Å². The molecule has 1 atom stereocenters. The van der Waals surface area contributed by atoms with Crippen LogP contribution < -0.4 is 16.0 Å². The zero-order valence-corrected chi connectivity index (χ0v) is 27.9. The molecule has 3 amide bonds. The van der Waals surface area contributed by atoms with Gasteiger partial charge in [0.1, 0.15) is 16.8 Å². The van der Waals surface area contributed by atoms with Crippen molar-refractivity contribution in [1.29, 1.82) is 0 Å². The SMILES string of the molecule is CCc1cccc(C)c1NC(=O)C(Sc1ccc(NC(=O)/C(=C/c2c(F)cccc2Cl)NC(=O)c2ccccc2)cc1)c1ccccc1. The molecule has 0 heterocycles. The van der Waals surface area contributed by atoms with Crippen LogP contribution in [0, 0.1) is 12.7 Å². The van der Waals surface area contributed by atoms with Crippen LogP contribution in [0.1, 0.15) is 44.8 Å². The molecule has 242 valence electrons. The minimum absolute atomic E-state index is 0.0357. The van der Waals surface area contributed by atoms with E-state index >= 15 is 0 Å². The number of para-hydroxylation sites is 1. The third-order valence-corrected chi connectivity index (χ3v) is 9.11. The maximum Gasteiger partial charge on any atom is 0.272 e. The summed E-state index contributed by atoms with van der Waals surface area (Å²) in [4.78, 5) is 41.0. The van der Waals surface area contributed by atoms with Crippen LogP contribution in [0.15, 0.2) is 132 Å². The molecular formula is C39H33ClFN3O3S. The van der Waals surface area contributed by atoms with Crippen LogP contribution in [0.4, 0.5) is 15.8 Å². The van der Waals surface area contributed by atoms with E-state index in [0.717, 1.165) is 33.7 Å². The minimum Gasteiger partial charge on any atom is -0.324 e. The van der Waals surface area contributed by atoms with Crippen LogP contribution in [0.3, 0.4) is 0 Å². The Balaban J connectivity index is 1.36. The highest BCUT2D eigenvalue weighted by Crippen LogP contribution is 2.37. The average molecular weight is 678 g/mol. The van der Waals surface area contributed by atoms with E-state index < -0.39 is 22.9 Å². The summed E-state index contributed by atoms with van der Waals surface area (Å²) < 4.78 is 14.7. The lowest BCUT2D eigenvalue weighted by atomic mass is 10.1. The van der Waals surface area contributed by atoms with Gasteiger partial charge in [0.05, 0.1) is 5.02 Å². The van der Waals surface area contributed by atoms with E-state index in [0.29, 0.717) is 11.3 Å². The van der Waals surface area contributed by atoms with Crippen molar-refractivity contribution in [3.05, 3.63) is 166 Å². The first kappa shape index (κ1) is 34.2. The van der Waals surface area contributed by atoms with Gasteiger partial charge in [-0.25, -0.2) is 4.39 Å². The van der Waals surface area contributed by atoms with E-state index in [1.165, 1.54) is 36.0 Å². The predicted molar refractivity (Wildman–Crippen MR) is 193 cm³/mol. The zero-order chi connectivity index (χ0) is 34.0.